The Hall–Kier alpha value is -2.87. The minimum absolute atomic E-state index is 0.259. The van der Waals surface area contributed by atoms with Gasteiger partial charge in [0, 0.05) is 24.1 Å². The van der Waals surface area contributed by atoms with Crippen LogP contribution in [0, 0.1) is 12.8 Å². The summed E-state index contributed by atoms with van der Waals surface area (Å²) in [7, 11) is 3.99. The molecule has 0 radical (unpaired) electrons. The molecule has 0 unspecified atom stereocenters. The lowest BCUT2D eigenvalue weighted by molar-refractivity contribution is 0.102. The summed E-state index contributed by atoms with van der Waals surface area (Å²) >= 11 is 0. The molecule has 0 atom stereocenters. The molecule has 0 fully saturated rings. The fourth-order valence-corrected chi connectivity index (χ4v) is 2.21. The van der Waals surface area contributed by atoms with Crippen molar-refractivity contribution in [3.63, 3.8) is 0 Å². The molecular formula is C19H28N6O2. The number of anilines is 2. The fraction of sp³-hybridized carbons (Fsp3) is 0.421. The zero-order valence-corrected chi connectivity index (χ0v) is 16.5. The number of nitrogens with zero attached hydrogens (tertiary/aromatic N) is 3. The summed E-state index contributed by atoms with van der Waals surface area (Å²) in [6.45, 7) is 7.28. The van der Waals surface area contributed by atoms with E-state index in [1.165, 1.54) is 0 Å². The SMILES string of the molecule is Cc1[nH]nc(N/N=C/C(C)C)c1C(=O)Nc1ccc(OCCN(C)C)cc1. The Labute approximate surface area is 160 Å². The Kier molecular flexibility index (Phi) is 7.36. The highest BCUT2D eigenvalue weighted by Crippen LogP contribution is 2.20. The van der Waals surface area contributed by atoms with Crippen LogP contribution in [0.4, 0.5) is 11.5 Å². The van der Waals surface area contributed by atoms with E-state index in [4.69, 9.17) is 4.74 Å². The van der Waals surface area contributed by atoms with E-state index in [9.17, 15) is 4.79 Å². The molecule has 1 amide bonds. The van der Waals surface area contributed by atoms with E-state index in [-0.39, 0.29) is 5.91 Å². The second-order valence-electron chi connectivity index (χ2n) is 6.84. The molecule has 0 spiro atoms. The summed E-state index contributed by atoms with van der Waals surface area (Å²) in [5, 5.41) is 13.9. The minimum atomic E-state index is -0.259. The number of hydrogen-bond acceptors (Lipinski definition) is 6. The Bertz CT molecular complexity index is 765. The van der Waals surface area contributed by atoms with Gasteiger partial charge in [-0.15, -0.1) is 0 Å². The van der Waals surface area contributed by atoms with Gasteiger partial charge >= 0.3 is 0 Å². The van der Waals surface area contributed by atoms with Crippen LogP contribution in [0.3, 0.4) is 0 Å². The largest absolute Gasteiger partial charge is 0.492 e. The van der Waals surface area contributed by atoms with E-state index >= 15 is 0 Å². The van der Waals surface area contributed by atoms with Gasteiger partial charge in [-0.25, -0.2) is 0 Å². The Morgan fingerprint density at radius 1 is 1.33 bits per heavy atom. The number of hydrogen-bond donors (Lipinski definition) is 3. The van der Waals surface area contributed by atoms with Crippen LogP contribution in [0.1, 0.15) is 29.9 Å². The summed E-state index contributed by atoms with van der Waals surface area (Å²) in [6.07, 6.45) is 1.75. The molecule has 1 heterocycles. The van der Waals surface area contributed by atoms with E-state index in [1.54, 1.807) is 13.1 Å². The van der Waals surface area contributed by atoms with Crippen molar-refractivity contribution in [3.05, 3.63) is 35.5 Å². The predicted molar refractivity (Wildman–Crippen MR) is 109 cm³/mol. The highest BCUT2D eigenvalue weighted by Gasteiger charge is 2.18. The Morgan fingerprint density at radius 3 is 2.67 bits per heavy atom. The number of aryl methyl sites for hydroxylation is 1. The fourth-order valence-electron chi connectivity index (χ4n) is 2.21. The molecule has 1 aromatic carbocycles. The van der Waals surface area contributed by atoms with Gasteiger partial charge in [-0.05, 0) is 51.2 Å². The standard InChI is InChI=1S/C19H28N6O2/c1-13(2)12-20-23-18-17(14(3)22-24-18)19(26)21-15-6-8-16(9-7-15)27-11-10-25(4)5/h6-9,12-13H,10-11H2,1-5H3,(H,21,26)(H2,22,23,24)/b20-12+. The van der Waals surface area contributed by atoms with Crippen molar-refractivity contribution in [2.75, 3.05) is 38.0 Å². The monoisotopic (exact) mass is 372 g/mol. The number of aromatic nitrogens is 2. The summed E-state index contributed by atoms with van der Waals surface area (Å²) in [4.78, 5) is 14.7. The summed E-state index contributed by atoms with van der Waals surface area (Å²) < 4.78 is 5.66. The second kappa shape index (κ2) is 9.72. The van der Waals surface area contributed by atoms with Crippen LogP contribution < -0.4 is 15.5 Å². The molecule has 0 aliphatic rings. The van der Waals surface area contributed by atoms with E-state index in [0.717, 1.165) is 12.3 Å². The number of carbonyl (C=O) groups excluding carboxylic acids is 1. The van der Waals surface area contributed by atoms with Gasteiger partial charge < -0.3 is 15.0 Å². The maximum absolute atomic E-state index is 12.6. The molecule has 0 aliphatic carbocycles. The van der Waals surface area contributed by atoms with E-state index in [1.807, 2.05) is 52.2 Å². The van der Waals surface area contributed by atoms with Crippen molar-refractivity contribution in [2.24, 2.45) is 11.0 Å². The zero-order valence-electron chi connectivity index (χ0n) is 16.5. The molecule has 2 aromatic rings. The van der Waals surface area contributed by atoms with Crippen molar-refractivity contribution < 1.29 is 9.53 Å². The number of benzene rings is 1. The minimum Gasteiger partial charge on any atom is -0.492 e. The number of ether oxygens (including phenoxy) is 1. The smallest absolute Gasteiger partial charge is 0.261 e. The number of amides is 1. The van der Waals surface area contributed by atoms with Crippen molar-refractivity contribution in [1.82, 2.24) is 15.1 Å². The maximum atomic E-state index is 12.6. The van der Waals surface area contributed by atoms with Gasteiger partial charge in [-0.3, -0.25) is 15.3 Å². The molecule has 1 aromatic heterocycles. The van der Waals surface area contributed by atoms with Gasteiger partial charge in [-0.1, -0.05) is 13.8 Å². The third-order valence-corrected chi connectivity index (χ3v) is 3.64. The van der Waals surface area contributed by atoms with Crippen LogP contribution >= 0.6 is 0 Å². The van der Waals surface area contributed by atoms with Crippen molar-refractivity contribution in [1.29, 1.82) is 0 Å². The second-order valence-corrected chi connectivity index (χ2v) is 6.84. The van der Waals surface area contributed by atoms with Gasteiger partial charge in [-0.2, -0.15) is 10.2 Å². The number of nitrogens with one attached hydrogen (secondary N) is 3. The molecule has 8 nitrogen and oxygen atoms in total. The first-order chi connectivity index (χ1) is 12.9. The van der Waals surface area contributed by atoms with Crippen LogP contribution in [0.15, 0.2) is 29.4 Å². The van der Waals surface area contributed by atoms with Crippen LogP contribution in [0.5, 0.6) is 5.75 Å². The van der Waals surface area contributed by atoms with E-state index in [2.05, 4.69) is 30.9 Å². The first-order valence-electron chi connectivity index (χ1n) is 8.90. The topological polar surface area (TPSA) is 94.6 Å². The summed E-state index contributed by atoms with van der Waals surface area (Å²) in [5.74, 6) is 1.20. The number of carbonyl (C=O) groups is 1. The predicted octanol–water partition coefficient (Wildman–Crippen LogP) is 2.96. The first kappa shape index (κ1) is 20.4. The van der Waals surface area contributed by atoms with Crippen LogP contribution in [0.2, 0.25) is 0 Å². The quantitative estimate of drug-likeness (QED) is 0.465. The van der Waals surface area contributed by atoms with Crippen LogP contribution in [-0.4, -0.2) is 54.5 Å². The highest BCUT2D eigenvalue weighted by molar-refractivity contribution is 6.08. The molecule has 2 rings (SSSR count). The lowest BCUT2D eigenvalue weighted by Crippen LogP contribution is -2.19. The average molecular weight is 372 g/mol. The Morgan fingerprint density at radius 2 is 2.04 bits per heavy atom. The molecular weight excluding hydrogens is 344 g/mol. The highest BCUT2D eigenvalue weighted by atomic mass is 16.5. The number of likely N-dealkylation sites (N-methyl/N-ethyl adjacent to an activating group) is 1. The van der Waals surface area contributed by atoms with Gasteiger partial charge in [0.2, 0.25) is 0 Å². The summed E-state index contributed by atoms with van der Waals surface area (Å²) in [5.41, 5.74) is 4.59. The van der Waals surface area contributed by atoms with Crippen molar-refractivity contribution in [3.8, 4) is 5.75 Å². The number of aromatic amines is 1. The van der Waals surface area contributed by atoms with Gasteiger partial charge in [0.05, 0.1) is 0 Å². The van der Waals surface area contributed by atoms with Gasteiger partial charge in [0.15, 0.2) is 5.82 Å². The van der Waals surface area contributed by atoms with Crippen molar-refractivity contribution in [2.45, 2.75) is 20.8 Å². The maximum Gasteiger partial charge on any atom is 0.261 e. The zero-order chi connectivity index (χ0) is 19.8. The van der Waals surface area contributed by atoms with Crippen LogP contribution in [-0.2, 0) is 0 Å². The molecule has 146 valence electrons. The average Bonchev–Trinajstić information content (AvgIpc) is 2.96. The lowest BCUT2D eigenvalue weighted by Gasteiger charge is -2.11. The number of hydrazone groups is 1. The van der Waals surface area contributed by atoms with Crippen LogP contribution in [0.25, 0.3) is 0 Å². The van der Waals surface area contributed by atoms with Gasteiger partial charge in [0.1, 0.15) is 17.9 Å². The molecule has 0 bridgehead atoms. The third-order valence-electron chi connectivity index (χ3n) is 3.64. The Balaban J connectivity index is 1.99. The van der Waals surface area contributed by atoms with Crippen molar-refractivity contribution >= 4 is 23.6 Å². The number of rotatable bonds is 9. The molecule has 8 heteroatoms. The van der Waals surface area contributed by atoms with E-state index in [0.29, 0.717) is 35.3 Å². The van der Waals surface area contributed by atoms with E-state index < -0.39 is 0 Å². The van der Waals surface area contributed by atoms with Gasteiger partial charge in [0.25, 0.3) is 5.91 Å². The first-order valence-corrected chi connectivity index (χ1v) is 8.90. The molecule has 0 aliphatic heterocycles. The molecule has 0 saturated carbocycles. The molecule has 0 saturated heterocycles. The summed E-state index contributed by atoms with van der Waals surface area (Å²) in [6, 6.07) is 7.28. The lowest BCUT2D eigenvalue weighted by atomic mass is 10.2. The number of H-pyrrole nitrogens is 1. The molecule has 3 N–H and O–H groups in total. The normalized spacial score (nSPS) is 11.4. The third kappa shape index (κ3) is 6.41. The molecule has 27 heavy (non-hydrogen) atoms.